The molecular formula is C22H21N3O6. The SMILES string of the molecule is COc1ccc(Nc2ccc(N3C(=O)[C@H]4CC=CC[C@@H]4C3=O)cc2[N+](=O)[O-])cc1OC. The average Bonchev–Trinajstić information content (AvgIpc) is 3.04. The Hall–Kier alpha value is -3.88. The summed E-state index contributed by atoms with van der Waals surface area (Å²) in [6.45, 7) is 0. The minimum absolute atomic E-state index is 0.203. The van der Waals surface area contributed by atoms with E-state index in [9.17, 15) is 19.7 Å². The summed E-state index contributed by atoms with van der Waals surface area (Å²) in [4.78, 5) is 37.9. The summed E-state index contributed by atoms with van der Waals surface area (Å²) in [6.07, 6.45) is 4.81. The van der Waals surface area contributed by atoms with E-state index in [0.717, 1.165) is 4.90 Å². The Morgan fingerprint density at radius 1 is 0.968 bits per heavy atom. The van der Waals surface area contributed by atoms with Crippen molar-refractivity contribution in [3.05, 3.63) is 58.7 Å². The van der Waals surface area contributed by atoms with Crippen LogP contribution < -0.4 is 19.7 Å². The number of carbonyl (C=O) groups excluding carboxylic acids is 2. The maximum Gasteiger partial charge on any atom is 0.294 e. The summed E-state index contributed by atoms with van der Waals surface area (Å²) >= 11 is 0. The van der Waals surface area contributed by atoms with Gasteiger partial charge in [0.15, 0.2) is 11.5 Å². The van der Waals surface area contributed by atoms with Crippen molar-refractivity contribution >= 4 is 34.6 Å². The Morgan fingerprint density at radius 2 is 1.61 bits per heavy atom. The highest BCUT2D eigenvalue weighted by Crippen LogP contribution is 2.40. The van der Waals surface area contributed by atoms with Crippen LogP contribution in [0.25, 0.3) is 0 Å². The lowest BCUT2D eigenvalue weighted by molar-refractivity contribution is -0.383. The van der Waals surface area contributed by atoms with Gasteiger partial charge in [-0.1, -0.05) is 12.2 Å². The molecule has 2 aromatic carbocycles. The molecule has 0 spiro atoms. The van der Waals surface area contributed by atoms with E-state index in [-0.39, 0.29) is 28.9 Å². The number of nitro benzene ring substituents is 1. The van der Waals surface area contributed by atoms with Crippen LogP contribution in [0.3, 0.4) is 0 Å². The van der Waals surface area contributed by atoms with Gasteiger partial charge in [-0.2, -0.15) is 0 Å². The van der Waals surface area contributed by atoms with Crippen molar-refractivity contribution < 1.29 is 24.0 Å². The summed E-state index contributed by atoms with van der Waals surface area (Å²) in [5.74, 6) is -0.429. The molecule has 0 unspecified atom stereocenters. The molecule has 0 aromatic heterocycles. The van der Waals surface area contributed by atoms with Crippen molar-refractivity contribution in [1.82, 2.24) is 0 Å². The zero-order chi connectivity index (χ0) is 22.1. The first-order valence-corrected chi connectivity index (χ1v) is 9.75. The normalized spacial score (nSPS) is 19.9. The Labute approximate surface area is 178 Å². The predicted octanol–water partition coefficient (Wildman–Crippen LogP) is 3.81. The fourth-order valence-corrected chi connectivity index (χ4v) is 4.04. The third kappa shape index (κ3) is 3.58. The van der Waals surface area contributed by atoms with Gasteiger partial charge < -0.3 is 14.8 Å². The predicted molar refractivity (Wildman–Crippen MR) is 114 cm³/mol. The summed E-state index contributed by atoms with van der Waals surface area (Å²) in [5, 5.41) is 14.7. The fourth-order valence-electron chi connectivity index (χ4n) is 4.04. The van der Waals surface area contributed by atoms with Gasteiger partial charge >= 0.3 is 0 Å². The Morgan fingerprint density at radius 3 is 2.19 bits per heavy atom. The first-order valence-electron chi connectivity index (χ1n) is 9.75. The van der Waals surface area contributed by atoms with Gasteiger partial charge in [0.2, 0.25) is 11.8 Å². The van der Waals surface area contributed by atoms with Crippen LogP contribution in [0.2, 0.25) is 0 Å². The molecule has 9 nitrogen and oxygen atoms in total. The number of carbonyl (C=O) groups is 2. The molecule has 9 heteroatoms. The van der Waals surface area contributed by atoms with E-state index in [0.29, 0.717) is 30.0 Å². The van der Waals surface area contributed by atoms with Crippen LogP contribution in [0.4, 0.5) is 22.7 Å². The standard InChI is InChI=1S/C22H21N3O6/c1-30-19-10-7-13(11-20(19)31-2)23-17-9-8-14(12-18(17)25(28)29)24-21(26)15-5-3-4-6-16(15)22(24)27/h3-4,7-12,15-16,23H,5-6H2,1-2H3/t15-,16-/m0/s1. The second-order valence-corrected chi connectivity index (χ2v) is 7.32. The highest BCUT2D eigenvalue weighted by molar-refractivity contribution is 6.22. The summed E-state index contributed by atoms with van der Waals surface area (Å²) in [6, 6.07) is 9.32. The Balaban J connectivity index is 1.66. The highest BCUT2D eigenvalue weighted by Gasteiger charge is 2.48. The number of nitrogens with one attached hydrogen (secondary N) is 1. The smallest absolute Gasteiger partial charge is 0.294 e. The molecular weight excluding hydrogens is 402 g/mol. The van der Waals surface area contributed by atoms with Gasteiger partial charge in [-0.05, 0) is 37.1 Å². The first-order chi connectivity index (χ1) is 14.9. The average molecular weight is 423 g/mol. The van der Waals surface area contributed by atoms with E-state index >= 15 is 0 Å². The topological polar surface area (TPSA) is 111 Å². The molecule has 0 bridgehead atoms. The van der Waals surface area contributed by atoms with Crippen LogP contribution >= 0.6 is 0 Å². The van der Waals surface area contributed by atoms with Gasteiger partial charge in [0, 0.05) is 17.8 Å². The van der Waals surface area contributed by atoms with Crippen molar-refractivity contribution in [2.24, 2.45) is 11.8 Å². The van der Waals surface area contributed by atoms with E-state index in [1.54, 1.807) is 18.2 Å². The molecule has 0 radical (unpaired) electrons. The van der Waals surface area contributed by atoms with Crippen LogP contribution in [0.1, 0.15) is 12.8 Å². The maximum atomic E-state index is 12.8. The molecule has 160 valence electrons. The lowest BCUT2D eigenvalue weighted by atomic mass is 9.85. The van der Waals surface area contributed by atoms with Gasteiger partial charge in [-0.25, -0.2) is 4.90 Å². The number of hydrogen-bond donors (Lipinski definition) is 1. The van der Waals surface area contributed by atoms with E-state index in [4.69, 9.17) is 9.47 Å². The van der Waals surface area contributed by atoms with Gasteiger partial charge in [0.25, 0.3) is 5.69 Å². The van der Waals surface area contributed by atoms with Crippen LogP contribution in [0.5, 0.6) is 11.5 Å². The third-order valence-electron chi connectivity index (χ3n) is 5.61. The van der Waals surface area contributed by atoms with Gasteiger partial charge in [0.05, 0.1) is 36.7 Å². The molecule has 1 aliphatic carbocycles. The van der Waals surface area contributed by atoms with Crippen LogP contribution in [0.15, 0.2) is 48.6 Å². The highest BCUT2D eigenvalue weighted by atomic mass is 16.6. The zero-order valence-electron chi connectivity index (χ0n) is 17.0. The monoisotopic (exact) mass is 423 g/mol. The van der Waals surface area contributed by atoms with E-state index in [1.807, 2.05) is 12.2 Å². The second-order valence-electron chi connectivity index (χ2n) is 7.32. The molecule has 2 aromatic rings. The number of anilines is 3. The molecule has 1 fully saturated rings. The quantitative estimate of drug-likeness (QED) is 0.325. The molecule has 2 atom stereocenters. The van der Waals surface area contributed by atoms with Crippen molar-refractivity contribution in [3.8, 4) is 11.5 Å². The van der Waals surface area contributed by atoms with Crippen molar-refractivity contribution in [1.29, 1.82) is 0 Å². The summed E-state index contributed by atoms with van der Waals surface area (Å²) in [7, 11) is 3.01. The Bertz CT molecular complexity index is 1070. The molecule has 2 aliphatic rings. The molecule has 1 saturated heterocycles. The number of nitro groups is 1. The zero-order valence-corrected chi connectivity index (χ0v) is 17.0. The molecule has 1 N–H and O–H groups in total. The number of benzene rings is 2. The number of imide groups is 1. The molecule has 2 amide bonds. The summed E-state index contributed by atoms with van der Waals surface area (Å²) in [5.41, 5.74) is 0.730. The largest absolute Gasteiger partial charge is 0.493 e. The van der Waals surface area contributed by atoms with Gasteiger partial charge in [-0.15, -0.1) is 0 Å². The van der Waals surface area contributed by atoms with Crippen molar-refractivity contribution in [3.63, 3.8) is 0 Å². The number of fused-ring (bicyclic) bond motifs is 1. The number of hydrogen-bond acceptors (Lipinski definition) is 7. The van der Waals surface area contributed by atoms with Crippen molar-refractivity contribution in [2.75, 3.05) is 24.4 Å². The van der Waals surface area contributed by atoms with Crippen LogP contribution in [-0.2, 0) is 9.59 Å². The van der Waals surface area contributed by atoms with Gasteiger partial charge in [-0.3, -0.25) is 19.7 Å². The fraction of sp³-hybridized carbons (Fsp3) is 0.273. The summed E-state index contributed by atoms with van der Waals surface area (Å²) < 4.78 is 10.5. The number of allylic oxidation sites excluding steroid dienone is 2. The number of nitrogens with zero attached hydrogens (tertiary/aromatic N) is 2. The lowest BCUT2D eigenvalue weighted by Gasteiger charge is -2.16. The number of amides is 2. The molecule has 1 heterocycles. The molecule has 1 aliphatic heterocycles. The van der Waals surface area contributed by atoms with Crippen LogP contribution in [0, 0.1) is 22.0 Å². The lowest BCUT2D eigenvalue weighted by Crippen LogP contribution is -2.30. The maximum absolute atomic E-state index is 12.8. The molecule has 31 heavy (non-hydrogen) atoms. The van der Waals surface area contributed by atoms with E-state index in [1.165, 1.54) is 32.4 Å². The third-order valence-corrected chi connectivity index (χ3v) is 5.61. The Kier molecular flexibility index (Phi) is 5.33. The van der Waals surface area contributed by atoms with Crippen LogP contribution in [-0.4, -0.2) is 31.0 Å². The van der Waals surface area contributed by atoms with Gasteiger partial charge in [0.1, 0.15) is 5.69 Å². The first kappa shape index (κ1) is 20.4. The minimum atomic E-state index is -0.549. The van der Waals surface area contributed by atoms with E-state index in [2.05, 4.69) is 5.32 Å². The van der Waals surface area contributed by atoms with E-state index < -0.39 is 16.8 Å². The van der Waals surface area contributed by atoms with Crippen molar-refractivity contribution in [2.45, 2.75) is 12.8 Å². The molecule has 4 rings (SSSR count). The minimum Gasteiger partial charge on any atom is -0.493 e. The number of rotatable bonds is 6. The molecule has 0 saturated carbocycles. The number of ether oxygens (including phenoxy) is 2. The second kappa shape index (κ2) is 8.10. The number of methoxy groups -OCH3 is 2.